The number of hydrogen-bond acceptors (Lipinski definition) is 3. The minimum Gasteiger partial charge on any atom is -0.312 e. The second kappa shape index (κ2) is 7.50. The quantitative estimate of drug-likeness (QED) is 0.792. The van der Waals surface area contributed by atoms with E-state index in [1.54, 1.807) is 0 Å². The predicted molar refractivity (Wildman–Crippen MR) is 85.8 cm³/mol. The maximum absolute atomic E-state index is 4.39. The molecule has 0 unspecified atom stereocenters. The molecule has 0 atom stereocenters. The summed E-state index contributed by atoms with van der Waals surface area (Å²) in [5.74, 6) is 1.62. The summed E-state index contributed by atoms with van der Waals surface area (Å²) in [7, 11) is 1.95. The Kier molecular flexibility index (Phi) is 5.68. The van der Waals surface area contributed by atoms with Crippen LogP contribution < -0.4 is 5.32 Å². The molecule has 2 aromatic rings. The summed E-state index contributed by atoms with van der Waals surface area (Å²) in [6, 6.07) is 10.9. The van der Waals surface area contributed by atoms with Crippen molar-refractivity contribution in [2.75, 3.05) is 6.54 Å². The maximum Gasteiger partial charge on any atom is 0.0727 e. The summed E-state index contributed by atoms with van der Waals surface area (Å²) in [5.41, 5.74) is 2.47. The number of nitrogens with zero attached hydrogens (tertiary/aromatic N) is 2. The highest BCUT2D eigenvalue weighted by Crippen LogP contribution is 2.22. The van der Waals surface area contributed by atoms with E-state index < -0.39 is 0 Å². The van der Waals surface area contributed by atoms with Gasteiger partial charge in [-0.2, -0.15) is 5.10 Å². The maximum atomic E-state index is 4.39. The second-order valence-corrected chi connectivity index (χ2v) is 6.49. The van der Waals surface area contributed by atoms with E-state index in [2.05, 4.69) is 54.6 Å². The van der Waals surface area contributed by atoms with Crippen molar-refractivity contribution in [3.05, 3.63) is 47.8 Å². The number of rotatable bonds is 7. The number of aromatic nitrogens is 2. The first-order valence-corrected chi connectivity index (χ1v) is 8.03. The van der Waals surface area contributed by atoms with Crippen LogP contribution >= 0.6 is 11.8 Å². The Hall–Kier alpha value is -1.26. The van der Waals surface area contributed by atoms with Crippen LogP contribution in [0.1, 0.15) is 25.1 Å². The fraction of sp³-hybridized carbons (Fsp3) is 0.438. The van der Waals surface area contributed by atoms with Crippen LogP contribution in [0.3, 0.4) is 0 Å². The smallest absolute Gasteiger partial charge is 0.0727 e. The van der Waals surface area contributed by atoms with Crippen molar-refractivity contribution in [2.45, 2.75) is 31.0 Å². The van der Waals surface area contributed by atoms with Crippen LogP contribution in [0.5, 0.6) is 0 Å². The Morgan fingerprint density at radius 2 is 1.95 bits per heavy atom. The van der Waals surface area contributed by atoms with Gasteiger partial charge in [0.1, 0.15) is 0 Å². The van der Waals surface area contributed by atoms with Gasteiger partial charge in [0.25, 0.3) is 0 Å². The highest BCUT2D eigenvalue weighted by Gasteiger charge is 2.00. The van der Waals surface area contributed by atoms with Gasteiger partial charge in [-0.1, -0.05) is 26.0 Å². The molecule has 108 valence electrons. The topological polar surface area (TPSA) is 29.9 Å². The largest absolute Gasteiger partial charge is 0.312 e. The number of nitrogens with one attached hydrogen (secondary N) is 1. The van der Waals surface area contributed by atoms with Crippen molar-refractivity contribution in [1.82, 2.24) is 15.1 Å². The Balaban J connectivity index is 1.79. The van der Waals surface area contributed by atoms with Crippen LogP contribution in [0.25, 0.3) is 0 Å². The van der Waals surface area contributed by atoms with Gasteiger partial charge >= 0.3 is 0 Å². The lowest BCUT2D eigenvalue weighted by molar-refractivity contribution is 0.552. The number of thioether (sulfide) groups is 1. The third kappa shape index (κ3) is 5.02. The summed E-state index contributed by atoms with van der Waals surface area (Å²) < 4.78 is 1.85. The van der Waals surface area contributed by atoms with Crippen LogP contribution in [0, 0.1) is 5.92 Å². The lowest BCUT2D eigenvalue weighted by atomic mass is 10.2. The van der Waals surface area contributed by atoms with Gasteiger partial charge in [-0.15, -0.1) is 11.8 Å². The van der Waals surface area contributed by atoms with Crippen LogP contribution in [0.4, 0.5) is 0 Å². The zero-order chi connectivity index (χ0) is 14.4. The lowest BCUT2D eigenvalue weighted by Gasteiger charge is -2.08. The molecule has 1 aromatic carbocycles. The van der Waals surface area contributed by atoms with Crippen LogP contribution in [0.2, 0.25) is 0 Å². The Labute approximate surface area is 125 Å². The third-order valence-electron chi connectivity index (χ3n) is 2.96. The highest BCUT2D eigenvalue weighted by molar-refractivity contribution is 7.98. The molecule has 0 saturated heterocycles. The predicted octanol–water partition coefficient (Wildman–Crippen LogP) is 3.46. The average Bonchev–Trinajstić information content (AvgIpc) is 2.83. The molecule has 20 heavy (non-hydrogen) atoms. The van der Waals surface area contributed by atoms with Gasteiger partial charge in [-0.3, -0.25) is 4.68 Å². The SMILES string of the molecule is CC(C)CNCc1ccc(SCc2ccn(C)n2)cc1. The molecular weight excluding hydrogens is 266 g/mol. The Morgan fingerprint density at radius 1 is 1.20 bits per heavy atom. The lowest BCUT2D eigenvalue weighted by Crippen LogP contribution is -2.18. The molecule has 0 bridgehead atoms. The molecule has 1 N–H and O–H groups in total. The zero-order valence-electron chi connectivity index (χ0n) is 12.5. The minimum atomic E-state index is 0.697. The van der Waals surface area contributed by atoms with Crippen molar-refractivity contribution in [3.63, 3.8) is 0 Å². The molecule has 1 aromatic heterocycles. The van der Waals surface area contributed by atoms with E-state index in [0.29, 0.717) is 5.92 Å². The summed E-state index contributed by atoms with van der Waals surface area (Å²) in [4.78, 5) is 1.29. The number of aryl methyl sites for hydroxylation is 1. The normalized spacial score (nSPS) is 11.2. The first-order valence-electron chi connectivity index (χ1n) is 7.04. The molecule has 1 heterocycles. The van der Waals surface area contributed by atoms with E-state index in [1.807, 2.05) is 29.7 Å². The van der Waals surface area contributed by atoms with Crippen LogP contribution in [-0.2, 0) is 19.3 Å². The molecule has 0 fully saturated rings. The molecule has 0 saturated carbocycles. The van der Waals surface area contributed by atoms with Crippen LogP contribution in [-0.4, -0.2) is 16.3 Å². The summed E-state index contributed by atoms with van der Waals surface area (Å²) >= 11 is 1.83. The van der Waals surface area contributed by atoms with E-state index in [-0.39, 0.29) is 0 Å². The Morgan fingerprint density at radius 3 is 2.55 bits per heavy atom. The molecule has 2 rings (SSSR count). The first kappa shape index (κ1) is 15.1. The van der Waals surface area contributed by atoms with Gasteiger partial charge in [-0.25, -0.2) is 0 Å². The van der Waals surface area contributed by atoms with Crippen molar-refractivity contribution in [3.8, 4) is 0 Å². The molecule has 0 aliphatic rings. The number of benzene rings is 1. The summed E-state index contributed by atoms with van der Waals surface area (Å²) in [5, 5.41) is 7.85. The Bertz CT molecular complexity index is 517. The third-order valence-corrected chi connectivity index (χ3v) is 4.01. The van der Waals surface area contributed by atoms with E-state index in [0.717, 1.165) is 24.5 Å². The summed E-state index contributed by atoms with van der Waals surface area (Å²) in [6.07, 6.45) is 1.99. The molecule has 3 nitrogen and oxygen atoms in total. The fourth-order valence-corrected chi connectivity index (χ4v) is 2.70. The highest BCUT2D eigenvalue weighted by atomic mass is 32.2. The van der Waals surface area contributed by atoms with Gasteiger partial charge in [-0.05, 0) is 36.2 Å². The van der Waals surface area contributed by atoms with Crippen LogP contribution in [0.15, 0.2) is 41.4 Å². The van der Waals surface area contributed by atoms with Crippen molar-refractivity contribution in [2.24, 2.45) is 13.0 Å². The van der Waals surface area contributed by atoms with E-state index in [1.165, 1.54) is 10.5 Å². The fourth-order valence-electron chi connectivity index (χ4n) is 1.91. The van der Waals surface area contributed by atoms with Crippen molar-refractivity contribution < 1.29 is 0 Å². The molecule has 0 aliphatic carbocycles. The van der Waals surface area contributed by atoms with Gasteiger partial charge in [0.15, 0.2) is 0 Å². The van der Waals surface area contributed by atoms with Gasteiger partial charge < -0.3 is 5.32 Å². The van der Waals surface area contributed by atoms with Gasteiger partial charge in [0.2, 0.25) is 0 Å². The monoisotopic (exact) mass is 289 g/mol. The molecule has 0 radical (unpaired) electrons. The minimum absolute atomic E-state index is 0.697. The van der Waals surface area contributed by atoms with Gasteiger partial charge in [0, 0.05) is 30.4 Å². The molecule has 0 spiro atoms. The number of hydrogen-bond donors (Lipinski definition) is 1. The zero-order valence-corrected chi connectivity index (χ0v) is 13.3. The molecule has 4 heteroatoms. The second-order valence-electron chi connectivity index (χ2n) is 5.44. The standard InChI is InChI=1S/C16H23N3S/c1-13(2)10-17-11-14-4-6-16(7-5-14)20-12-15-8-9-19(3)18-15/h4-9,13,17H,10-12H2,1-3H3. The molecular formula is C16H23N3S. The van der Waals surface area contributed by atoms with Gasteiger partial charge in [0.05, 0.1) is 5.69 Å². The molecule has 0 aliphatic heterocycles. The molecule has 0 amide bonds. The average molecular weight is 289 g/mol. The summed E-state index contributed by atoms with van der Waals surface area (Å²) in [6.45, 7) is 6.47. The van der Waals surface area contributed by atoms with Crippen molar-refractivity contribution in [1.29, 1.82) is 0 Å². The van der Waals surface area contributed by atoms with E-state index in [9.17, 15) is 0 Å². The van der Waals surface area contributed by atoms with E-state index in [4.69, 9.17) is 0 Å². The first-order chi connectivity index (χ1) is 9.63. The van der Waals surface area contributed by atoms with E-state index >= 15 is 0 Å². The van der Waals surface area contributed by atoms with Crippen molar-refractivity contribution >= 4 is 11.8 Å².